The molecule has 0 radical (unpaired) electrons. The SMILES string of the molecule is CC(C)(C)c1nc(-c2cc(N3CCOCC3)c(C3CC3)cn2)no1. The maximum atomic E-state index is 5.50. The number of ether oxygens (including phenoxy) is 1. The zero-order valence-corrected chi connectivity index (χ0v) is 14.6. The molecule has 0 bridgehead atoms. The Morgan fingerprint density at radius 2 is 1.92 bits per heavy atom. The van der Waals surface area contributed by atoms with Crippen LogP contribution in [0.15, 0.2) is 16.8 Å². The average Bonchev–Trinajstić information content (AvgIpc) is 3.29. The quantitative estimate of drug-likeness (QED) is 0.862. The lowest BCUT2D eigenvalue weighted by molar-refractivity contribution is 0.122. The van der Waals surface area contributed by atoms with Crippen molar-refractivity contribution in [1.82, 2.24) is 15.1 Å². The molecule has 0 atom stereocenters. The van der Waals surface area contributed by atoms with Crippen LogP contribution in [0.3, 0.4) is 0 Å². The highest BCUT2D eigenvalue weighted by Gasteiger charge is 2.30. The van der Waals surface area contributed by atoms with Gasteiger partial charge in [-0.2, -0.15) is 4.98 Å². The molecule has 0 spiro atoms. The summed E-state index contributed by atoms with van der Waals surface area (Å²) in [6.45, 7) is 9.58. The molecule has 3 heterocycles. The summed E-state index contributed by atoms with van der Waals surface area (Å²) in [5.41, 5.74) is 3.22. The van der Waals surface area contributed by atoms with Crippen molar-refractivity contribution < 1.29 is 9.26 Å². The third kappa shape index (κ3) is 3.02. The van der Waals surface area contributed by atoms with E-state index < -0.39 is 0 Å². The molecule has 1 aliphatic heterocycles. The zero-order valence-electron chi connectivity index (χ0n) is 14.6. The second kappa shape index (κ2) is 5.84. The van der Waals surface area contributed by atoms with E-state index >= 15 is 0 Å². The van der Waals surface area contributed by atoms with Crippen molar-refractivity contribution in [3.8, 4) is 11.5 Å². The van der Waals surface area contributed by atoms with Gasteiger partial charge in [-0.3, -0.25) is 4.98 Å². The first-order valence-electron chi connectivity index (χ1n) is 8.69. The predicted octanol–water partition coefficient (Wildman–Crippen LogP) is 3.14. The van der Waals surface area contributed by atoms with Crippen LogP contribution in [0.4, 0.5) is 5.69 Å². The Kier molecular flexibility index (Phi) is 3.79. The lowest BCUT2D eigenvalue weighted by atomic mass is 9.97. The van der Waals surface area contributed by atoms with Gasteiger partial charge in [-0.25, -0.2) is 0 Å². The molecule has 24 heavy (non-hydrogen) atoms. The second-order valence-electron chi connectivity index (χ2n) is 7.68. The molecule has 0 unspecified atom stereocenters. The van der Waals surface area contributed by atoms with Gasteiger partial charge in [-0.15, -0.1) is 0 Å². The van der Waals surface area contributed by atoms with E-state index in [0.717, 1.165) is 32.0 Å². The van der Waals surface area contributed by atoms with Gasteiger partial charge in [0.1, 0.15) is 5.69 Å². The van der Waals surface area contributed by atoms with Crippen LogP contribution in [0.5, 0.6) is 0 Å². The van der Waals surface area contributed by atoms with Crippen molar-refractivity contribution in [1.29, 1.82) is 0 Å². The van der Waals surface area contributed by atoms with Crippen molar-refractivity contribution >= 4 is 5.69 Å². The van der Waals surface area contributed by atoms with Crippen molar-refractivity contribution in [3.05, 3.63) is 23.7 Å². The normalized spacial score (nSPS) is 18.9. The largest absolute Gasteiger partial charge is 0.378 e. The fourth-order valence-corrected chi connectivity index (χ4v) is 3.00. The van der Waals surface area contributed by atoms with Crippen molar-refractivity contribution in [2.45, 2.75) is 44.9 Å². The van der Waals surface area contributed by atoms with Crippen molar-refractivity contribution in [3.63, 3.8) is 0 Å². The van der Waals surface area contributed by atoms with Gasteiger partial charge in [-0.05, 0) is 30.4 Å². The Morgan fingerprint density at radius 3 is 2.54 bits per heavy atom. The van der Waals surface area contributed by atoms with Gasteiger partial charge in [0.2, 0.25) is 11.7 Å². The number of rotatable bonds is 3. The smallest absolute Gasteiger partial charge is 0.232 e. The third-order valence-electron chi connectivity index (χ3n) is 4.58. The van der Waals surface area contributed by atoms with E-state index in [9.17, 15) is 0 Å². The first-order chi connectivity index (χ1) is 11.5. The van der Waals surface area contributed by atoms with Crippen LogP contribution >= 0.6 is 0 Å². The lowest BCUT2D eigenvalue weighted by Crippen LogP contribution is -2.36. The van der Waals surface area contributed by atoms with Crippen LogP contribution in [-0.4, -0.2) is 41.4 Å². The van der Waals surface area contributed by atoms with Crippen LogP contribution < -0.4 is 4.90 Å². The predicted molar refractivity (Wildman–Crippen MR) is 91.2 cm³/mol. The topological polar surface area (TPSA) is 64.3 Å². The Labute approximate surface area is 142 Å². The number of anilines is 1. The van der Waals surface area contributed by atoms with Gasteiger partial charge in [0.15, 0.2) is 0 Å². The van der Waals surface area contributed by atoms with E-state index in [4.69, 9.17) is 9.26 Å². The number of aromatic nitrogens is 3. The average molecular weight is 328 g/mol. The van der Waals surface area contributed by atoms with Crippen LogP contribution in [0.2, 0.25) is 0 Å². The molecule has 2 aliphatic rings. The molecule has 0 N–H and O–H groups in total. The maximum Gasteiger partial charge on any atom is 0.232 e. The molecule has 128 valence electrons. The highest BCUT2D eigenvalue weighted by Crippen LogP contribution is 2.45. The standard InChI is InChI=1S/C18H24N4O2/c1-18(2,3)17-20-16(21-24-17)14-10-15(22-6-8-23-9-7-22)13(11-19-14)12-4-5-12/h10-12H,4-9H2,1-3H3. The summed E-state index contributed by atoms with van der Waals surface area (Å²) in [6.07, 6.45) is 4.52. The van der Waals surface area contributed by atoms with Gasteiger partial charge >= 0.3 is 0 Å². The summed E-state index contributed by atoms with van der Waals surface area (Å²) >= 11 is 0. The first-order valence-corrected chi connectivity index (χ1v) is 8.69. The third-order valence-corrected chi connectivity index (χ3v) is 4.58. The number of hydrogen-bond donors (Lipinski definition) is 0. The van der Waals surface area contributed by atoms with Crippen molar-refractivity contribution in [2.24, 2.45) is 0 Å². The molecule has 0 amide bonds. The van der Waals surface area contributed by atoms with E-state index in [-0.39, 0.29) is 5.41 Å². The molecule has 2 fully saturated rings. The van der Waals surface area contributed by atoms with Gasteiger partial charge in [0.25, 0.3) is 0 Å². The summed E-state index contributed by atoms with van der Waals surface area (Å²) in [5, 5.41) is 4.14. The molecular formula is C18H24N4O2. The van der Waals surface area contributed by atoms with Crippen LogP contribution in [0, 0.1) is 0 Å². The minimum Gasteiger partial charge on any atom is -0.378 e. The Bertz CT molecular complexity index is 725. The summed E-state index contributed by atoms with van der Waals surface area (Å²) in [5.74, 6) is 1.86. The Morgan fingerprint density at radius 1 is 1.17 bits per heavy atom. The van der Waals surface area contributed by atoms with Gasteiger partial charge in [0, 0.05) is 30.4 Å². The summed E-state index contributed by atoms with van der Waals surface area (Å²) in [7, 11) is 0. The maximum absolute atomic E-state index is 5.50. The molecule has 6 nitrogen and oxygen atoms in total. The van der Waals surface area contributed by atoms with Gasteiger partial charge in [-0.1, -0.05) is 25.9 Å². The summed E-state index contributed by atoms with van der Waals surface area (Å²) < 4.78 is 10.9. The van der Waals surface area contributed by atoms with Crippen LogP contribution in [0.1, 0.15) is 51.0 Å². The fourth-order valence-electron chi connectivity index (χ4n) is 3.00. The number of pyridine rings is 1. The molecule has 4 rings (SSSR count). The van der Waals surface area contributed by atoms with Crippen LogP contribution in [-0.2, 0) is 10.2 Å². The number of morpholine rings is 1. The zero-order chi connectivity index (χ0) is 16.7. The van der Waals surface area contributed by atoms with Gasteiger partial charge < -0.3 is 14.2 Å². The van der Waals surface area contributed by atoms with Crippen LogP contribution in [0.25, 0.3) is 11.5 Å². The molecule has 1 saturated heterocycles. The van der Waals surface area contributed by atoms with E-state index in [1.54, 1.807) is 0 Å². The van der Waals surface area contributed by atoms with E-state index in [2.05, 4.69) is 46.9 Å². The summed E-state index contributed by atoms with van der Waals surface area (Å²) in [6, 6.07) is 2.12. The number of hydrogen-bond acceptors (Lipinski definition) is 6. The molecule has 1 aliphatic carbocycles. The molecule has 2 aromatic heterocycles. The van der Waals surface area contributed by atoms with Crippen molar-refractivity contribution in [2.75, 3.05) is 31.2 Å². The highest BCUT2D eigenvalue weighted by atomic mass is 16.5. The van der Waals surface area contributed by atoms with E-state index in [0.29, 0.717) is 17.6 Å². The monoisotopic (exact) mass is 328 g/mol. The summed E-state index contributed by atoms with van der Waals surface area (Å²) in [4.78, 5) is 11.6. The Hall–Kier alpha value is -1.95. The second-order valence-corrected chi connectivity index (χ2v) is 7.68. The fraction of sp³-hybridized carbons (Fsp3) is 0.611. The number of nitrogens with zero attached hydrogens (tertiary/aromatic N) is 4. The van der Waals surface area contributed by atoms with E-state index in [1.165, 1.54) is 24.1 Å². The molecule has 6 heteroatoms. The minimum atomic E-state index is -0.160. The highest BCUT2D eigenvalue weighted by molar-refractivity contribution is 5.64. The molecular weight excluding hydrogens is 304 g/mol. The van der Waals surface area contributed by atoms with Gasteiger partial charge in [0.05, 0.1) is 13.2 Å². The molecule has 1 saturated carbocycles. The lowest BCUT2D eigenvalue weighted by Gasteiger charge is -2.30. The van der Waals surface area contributed by atoms with E-state index in [1.807, 2.05) is 6.20 Å². The molecule has 2 aromatic rings. The Balaban J connectivity index is 1.70. The first kappa shape index (κ1) is 15.6. The molecule has 0 aromatic carbocycles. The minimum absolute atomic E-state index is 0.160.